The molecule has 1 aliphatic heterocycles. The number of hydrogen-bond donors (Lipinski definition) is 2. The average molecular weight is 522 g/mol. The number of ether oxygens (including phenoxy) is 1. The van der Waals surface area contributed by atoms with E-state index in [-0.39, 0.29) is 11.8 Å². The number of aliphatic hydroxyl groups is 1. The molecule has 0 amide bonds. The molecule has 1 fully saturated rings. The number of carboxylic acid groups (broad SMARTS) is 1. The SMILES string of the molecule is COc1ccc2ncc(N(C)C)c([C@@H](O)CCC3(CC(=O)O)CCN(CC#Cc4cccs4)CC3)c2c1. The van der Waals surface area contributed by atoms with E-state index in [9.17, 15) is 15.0 Å². The molecule has 0 bridgehead atoms. The molecule has 2 aromatic heterocycles. The molecule has 3 heterocycles. The molecule has 8 heteroatoms. The van der Waals surface area contributed by atoms with Gasteiger partial charge in [0.05, 0.1) is 48.5 Å². The van der Waals surface area contributed by atoms with Crippen molar-refractivity contribution in [3.05, 3.63) is 52.3 Å². The molecule has 4 rings (SSSR count). The van der Waals surface area contributed by atoms with Gasteiger partial charge in [-0.25, -0.2) is 0 Å². The molecular weight excluding hydrogens is 486 g/mol. The highest BCUT2D eigenvalue weighted by molar-refractivity contribution is 7.10. The van der Waals surface area contributed by atoms with Crippen LogP contribution in [0, 0.1) is 17.3 Å². The van der Waals surface area contributed by atoms with E-state index >= 15 is 0 Å². The van der Waals surface area contributed by atoms with Crippen LogP contribution in [0.25, 0.3) is 10.9 Å². The normalized spacial score (nSPS) is 16.1. The second kappa shape index (κ2) is 12.0. The van der Waals surface area contributed by atoms with Crippen LogP contribution in [0.15, 0.2) is 41.9 Å². The van der Waals surface area contributed by atoms with Crippen molar-refractivity contribution in [2.75, 3.05) is 45.7 Å². The monoisotopic (exact) mass is 521 g/mol. The molecule has 0 aliphatic carbocycles. The van der Waals surface area contributed by atoms with Gasteiger partial charge in [0.1, 0.15) is 5.75 Å². The number of anilines is 1. The van der Waals surface area contributed by atoms with Gasteiger partial charge in [-0.2, -0.15) is 0 Å². The number of likely N-dealkylation sites (tertiary alicyclic amines) is 1. The van der Waals surface area contributed by atoms with Crippen LogP contribution in [0.2, 0.25) is 0 Å². The van der Waals surface area contributed by atoms with Crippen LogP contribution in [0.1, 0.15) is 48.6 Å². The maximum Gasteiger partial charge on any atom is 0.303 e. The van der Waals surface area contributed by atoms with Crippen LogP contribution in [-0.2, 0) is 4.79 Å². The first kappa shape index (κ1) is 26.9. The van der Waals surface area contributed by atoms with Crippen molar-refractivity contribution >= 4 is 33.9 Å². The summed E-state index contributed by atoms with van der Waals surface area (Å²) < 4.78 is 5.43. The zero-order chi connectivity index (χ0) is 26.4. The van der Waals surface area contributed by atoms with E-state index in [1.54, 1.807) is 24.6 Å². The Balaban J connectivity index is 1.49. The highest BCUT2D eigenvalue weighted by atomic mass is 32.1. The van der Waals surface area contributed by atoms with Crippen LogP contribution in [0.3, 0.4) is 0 Å². The first-order chi connectivity index (χ1) is 17.8. The van der Waals surface area contributed by atoms with Crippen LogP contribution in [0.4, 0.5) is 5.69 Å². The van der Waals surface area contributed by atoms with Gasteiger partial charge >= 0.3 is 5.97 Å². The number of fused-ring (bicyclic) bond motifs is 1. The molecule has 0 saturated carbocycles. The zero-order valence-electron chi connectivity index (χ0n) is 21.7. The van der Waals surface area contributed by atoms with Crippen molar-refractivity contribution < 1.29 is 19.7 Å². The number of nitrogens with zero attached hydrogens (tertiary/aromatic N) is 3. The molecule has 0 spiro atoms. The van der Waals surface area contributed by atoms with Gasteiger partial charge in [0.15, 0.2) is 0 Å². The number of pyridine rings is 1. The van der Waals surface area contributed by atoms with Gasteiger partial charge in [0.2, 0.25) is 0 Å². The molecule has 1 aliphatic rings. The maximum atomic E-state index is 11.8. The van der Waals surface area contributed by atoms with Crippen molar-refractivity contribution in [3.63, 3.8) is 0 Å². The molecule has 0 unspecified atom stereocenters. The molecule has 1 atom stereocenters. The quantitative estimate of drug-likeness (QED) is 0.392. The van der Waals surface area contributed by atoms with Gasteiger partial charge in [-0.05, 0) is 73.8 Å². The molecule has 3 aromatic rings. The third-order valence-corrected chi connectivity index (χ3v) is 8.12. The summed E-state index contributed by atoms with van der Waals surface area (Å²) in [5.74, 6) is 6.37. The molecule has 37 heavy (non-hydrogen) atoms. The summed E-state index contributed by atoms with van der Waals surface area (Å²) in [7, 11) is 5.49. The van der Waals surface area contributed by atoms with Gasteiger partial charge in [-0.15, -0.1) is 11.3 Å². The number of methoxy groups -OCH3 is 1. The van der Waals surface area contributed by atoms with Gasteiger partial charge < -0.3 is 19.8 Å². The predicted molar refractivity (Wildman–Crippen MR) is 148 cm³/mol. The van der Waals surface area contributed by atoms with E-state index in [4.69, 9.17) is 4.74 Å². The number of aromatic nitrogens is 1. The summed E-state index contributed by atoms with van der Waals surface area (Å²) in [5, 5.41) is 24.1. The number of benzene rings is 1. The molecule has 196 valence electrons. The van der Waals surface area contributed by atoms with Crippen molar-refractivity contribution in [2.45, 2.75) is 38.2 Å². The minimum Gasteiger partial charge on any atom is -0.497 e. The number of hydrogen-bond acceptors (Lipinski definition) is 7. The van der Waals surface area contributed by atoms with E-state index in [0.29, 0.717) is 25.1 Å². The zero-order valence-corrected chi connectivity index (χ0v) is 22.6. The Morgan fingerprint density at radius 1 is 1.30 bits per heavy atom. The lowest BCUT2D eigenvalue weighted by atomic mass is 9.71. The van der Waals surface area contributed by atoms with Crippen molar-refractivity contribution in [1.82, 2.24) is 9.88 Å². The van der Waals surface area contributed by atoms with Crippen LogP contribution < -0.4 is 9.64 Å². The fourth-order valence-corrected chi connectivity index (χ4v) is 5.80. The number of rotatable bonds is 9. The van der Waals surface area contributed by atoms with E-state index in [0.717, 1.165) is 53.0 Å². The first-order valence-electron chi connectivity index (χ1n) is 12.6. The highest BCUT2D eigenvalue weighted by Crippen LogP contribution is 2.43. The summed E-state index contributed by atoms with van der Waals surface area (Å²) in [6.45, 7) is 2.29. The Bertz CT molecular complexity index is 1270. The second-order valence-electron chi connectivity index (χ2n) is 10.0. The Hall–Kier alpha value is -3.12. The lowest BCUT2D eigenvalue weighted by Crippen LogP contribution is -2.41. The number of aliphatic hydroxyl groups excluding tert-OH is 1. The van der Waals surface area contributed by atoms with Gasteiger partial charge in [0, 0.05) is 25.0 Å². The van der Waals surface area contributed by atoms with Crippen LogP contribution in [-0.4, -0.2) is 66.9 Å². The lowest BCUT2D eigenvalue weighted by molar-refractivity contribution is -0.141. The predicted octanol–water partition coefficient (Wildman–Crippen LogP) is 4.79. The van der Waals surface area contributed by atoms with Crippen molar-refractivity contribution in [1.29, 1.82) is 0 Å². The standard InChI is InChI=1S/C29H35N3O4S/c1-31(2)25-20-30-24-9-8-21(36-3)18-23(24)28(25)26(33)10-11-29(19-27(34)35)12-15-32(16-13-29)14-4-6-22-7-5-17-37-22/h5,7-9,17-18,20,26,33H,10-16,19H2,1-3H3,(H,34,35)/t26-/m0/s1. The largest absolute Gasteiger partial charge is 0.497 e. The third-order valence-electron chi connectivity index (χ3n) is 7.34. The highest BCUT2D eigenvalue weighted by Gasteiger charge is 2.37. The second-order valence-corrected chi connectivity index (χ2v) is 11.0. The van der Waals surface area contributed by atoms with E-state index in [2.05, 4.69) is 21.7 Å². The minimum absolute atomic E-state index is 0.111. The fourth-order valence-electron chi connectivity index (χ4n) is 5.21. The van der Waals surface area contributed by atoms with E-state index in [1.165, 1.54) is 0 Å². The molecule has 0 radical (unpaired) electrons. The Kier molecular flexibility index (Phi) is 8.70. The molecule has 2 N–H and O–H groups in total. The van der Waals surface area contributed by atoms with Gasteiger partial charge in [0.25, 0.3) is 0 Å². The van der Waals surface area contributed by atoms with Gasteiger partial charge in [-0.1, -0.05) is 17.9 Å². The Labute approximate surface area is 222 Å². The Morgan fingerprint density at radius 3 is 2.73 bits per heavy atom. The lowest BCUT2D eigenvalue weighted by Gasteiger charge is -2.41. The third kappa shape index (κ3) is 6.61. The van der Waals surface area contributed by atoms with E-state index < -0.39 is 12.1 Å². The number of aliphatic carboxylic acids is 1. The average Bonchev–Trinajstić information content (AvgIpc) is 3.40. The topological polar surface area (TPSA) is 86.1 Å². The number of piperidine rings is 1. The number of thiophene rings is 1. The first-order valence-corrected chi connectivity index (χ1v) is 13.5. The summed E-state index contributed by atoms with van der Waals surface area (Å²) in [6, 6.07) is 9.68. The van der Waals surface area contributed by atoms with Crippen LogP contribution in [0.5, 0.6) is 5.75 Å². The van der Waals surface area contributed by atoms with Crippen molar-refractivity contribution in [3.8, 4) is 17.6 Å². The minimum atomic E-state index is -0.784. The number of carbonyl (C=O) groups is 1. The summed E-state index contributed by atoms with van der Waals surface area (Å²) in [5.41, 5.74) is 2.10. The molecule has 1 saturated heterocycles. The summed E-state index contributed by atoms with van der Waals surface area (Å²) in [4.78, 5) is 21.7. The van der Waals surface area contributed by atoms with E-state index in [1.807, 2.05) is 54.7 Å². The molecular formula is C29H35N3O4S. The summed E-state index contributed by atoms with van der Waals surface area (Å²) >= 11 is 1.63. The summed E-state index contributed by atoms with van der Waals surface area (Å²) in [6.07, 6.45) is 3.81. The van der Waals surface area contributed by atoms with Gasteiger partial charge in [-0.3, -0.25) is 14.7 Å². The maximum absolute atomic E-state index is 11.8. The molecule has 7 nitrogen and oxygen atoms in total. The smallest absolute Gasteiger partial charge is 0.303 e. The Morgan fingerprint density at radius 2 is 2.08 bits per heavy atom. The fraction of sp³-hybridized carbons (Fsp3) is 0.448. The molecule has 1 aromatic carbocycles. The van der Waals surface area contributed by atoms with Crippen LogP contribution >= 0.6 is 11.3 Å². The van der Waals surface area contributed by atoms with Crippen molar-refractivity contribution in [2.24, 2.45) is 5.41 Å². The number of carboxylic acids is 1.